The molecule has 22 heteroatoms. The van der Waals surface area contributed by atoms with Gasteiger partial charge in [0.15, 0.2) is 0 Å². The number of hydrogen-bond acceptors (Lipinski definition) is 12. The molecule has 0 fully saturated rings. The minimum absolute atomic E-state index is 0.0571. The van der Waals surface area contributed by atoms with E-state index < -0.39 is 118 Å². The van der Waals surface area contributed by atoms with Crippen LogP contribution in [0.3, 0.4) is 0 Å². The Morgan fingerprint density at radius 1 is 0.449 bits per heavy atom. The van der Waals surface area contributed by atoms with Gasteiger partial charge in [-0.15, -0.1) is 0 Å². The van der Waals surface area contributed by atoms with Crippen LogP contribution in [-0.2, 0) is 32.0 Å². The summed E-state index contributed by atoms with van der Waals surface area (Å²) in [5, 5.41) is 4.86. The van der Waals surface area contributed by atoms with Gasteiger partial charge in [-0.2, -0.15) is 26.3 Å². The minimum Gasteiger partial charge on any atom is -0.478 e. The standard InChI is InChI=1S/C47H62F6N4O10Si2/c1-27(2)60-68(61-28(3)4,62-29(5)6)66-41-23-17-35(25-39(41)56-43(58)33-13-19-37(54)20-14-33)45(46(48,49)50,47(51,52)53)36-18-24-42(40(26-36)57-44(59)34-15-21-38(55)22-16-34)67-69(63-30(7)8,64-31(9)10)65-32(11)12/h13-32H,54-55H2,1-12H3,(H,56,58)(H,57,59). The predicted octanol–water partition coefficient (Wildman–Crippen LogP) is 10.9. The van der Waals surface area contributed by atoms with Crippen LogP contribution in [-0.4, -0.2) is 78.9 Å². The number of nitrogen functional groups attached to an aromatic ring is 2. The van der Waals surface area contributed by atoms with Crippen LogP contribution in [0.2, 0.25) is 0 Å². The van der Waals surface area contributed by atoms with Crippen molar-refractivity contribution in [3.05, 3.63) is 107 Å². The molecule has 4 aromatic carbocycles. The lowest BCUT2D eigenvalue weighted by atomic mass is 9.72. The Hall–Kier alpha value is -5.21. The molecule has 0 unspecified atom stereocenters. The van der Waals surface area contributed by atoms with E-state index in [9.17, 15) is 9.59 Å². The second kappa shape index (κ2) is 22.7. The summed E-state index contributed by atoms with van der Waals surface area (Å²) in [6.07, 6.45) is -16.1. The van der Waals surface area contributed by atoms with Crippen LogP contribution in [0.5, 0.6) is 11.5 Å². The van der Waals surface area contributed by atoms with Crippen molar-refractivity contribution in [2.24, 2.45) is 0 Å². The number of halogens is 6. The van der Waals surface area contributed by atoms with Crippen molar-refractivity contribution in [2.45, 2.75) is 137 Å². The molecule has 0 saturated carbocycles. The first-order valence-corrected chi connectivity index (χ1v) is 25.4. The third-order valence-electron chi connectivity index (χ3n) is 9.27. The first-order valence-electron chi connectivity index (χ1n) is 22.1. The van der Waals surface area contributed by atoms with Crippen LogP contribution in [0.25, 0.3) is 0 Å². The zero-order valence-electron chi connectivity index (χ0n) is 40.6. The van der Waals surface area contributed by atoms with E-state index in [-0.39, 0.29) is 22.5 Å². The van der Waals surface area contributed by atoms with Gasteiger partial charge in [-0.3, -0.25) is 9.59 Å². The quantitative estimate of drug-likeness (QED) is 0.0332. The van der Waals surface area contributed by atoms with Crippen LogP contribution >= 0.6 is 0 Å². The molecule has 14 nitrogen and oxygen atoms in total. The van der Waals surface area contributed by atoms with Gasteiger partial charge in [0, 0.05) is 59.1 Å². The van der Waals surface area contributed by atoms with Gasteiger partial charge in [0.2, 0.25) is 5.41 Å². The Labute approximate surface area is 401 Å². The van der Waals surface area contributed by atoms with Crippen LogP contribution < -0.4 is 31.0 Å². The molecule has 4 rings (SSSR count). The molecule has 0 aromatic heterocycles. The summed E-state index contributed by atoms with van der Waals surface area (Å²) in [6.45, 7) is 19.7. The number of alkyl halides is 6. The number of carbonyl (C=O) groups excluding carboxylic acids is 2. The van der Waals surface area contributed by atoms with Crippen LogP contribution in [0, 0.1) is 0 Å². The maximum Gasteiger partial charge on any atom is 0.750 e. The van der Waals surface area contributed by atoms with Gasteiger partial charge in [0.05, 0.1) is 11.4 Å². The zero-order chi connectivity index (χ0) is 51.9. The number of anilines is 4. The van der Waals surface area contributed by atoms with E-state index in [1.54, 1.807) is 83.1 Å². The maximum absolute atomic E-state index is 16.2. The Morgan fingerprint density at radius 3 is 0.942 bits per heavy atom. The molecule has 0 spiro atoms. The average Bonchev–Trinajstić information content (AvgIpc) is 3.17. The average molecular weight is 1010 g/mol. The summed E-state index contributed by atoms with van der Waals surface area (Å²) in [5.74, 6) is -2.80. The van der Waals surface area contributed by atoms with E-state index in [4.69, 9.17) is 46.9 Å². The third kappa shape index (κ3) is 14.4. The Bertz CT molecular complexity index is 2130. The summed E-state index contributed by atoms with van der Waals surface area (Å²) in [4.78, 5) is 27.6. The SMILES string of the molecule is CC(C)O[Si](Oc1ccc(C(c2ccc(O[Si](OC(C)C)(OC(C)C)OC(C)C)c(NC(=O)c3ccc(N)cc3)c2)(C(F)(F)F)C(F)(F)F)cc1NC(=O)c1ccc(N)cc1)(OC(C)C)OC(C)C. The lowest BCUT2D eigenvalue weighted by Gasteiger charge is -2.39. The number of carbonyl (C=O) groups is 2. The second-order valence-corrected chi connectivity index (χ2v) is 21.3. The van der Waals surface area contributed by atoms with Crippen molar-refractivity contribution in [3.63, 3.8) is 0 Å². The highest BCUT2D eigenvalue weighted by Crippen LogP contribution is 2.58. The summed E-state index contributed by atoms with van der Waals surface area (Å²) in [7, 11) is -8.82. The van der Waals surface area contributed by atoms with Crippen molar-refractivity contribution < 1.29 is 71.3 Å². The van der Waals surface area contributed by atoms with E-state index in [0.717, 1.165) is 12.1 Å². The second-order valence-electron chi connectivity index (χ2n) is 17.5. The van der Waals surface area contributed by atoms with Gasteiger partial charge in [-0.25, -0.2) is 0 Å². The lowest BCUT2D eigenvalue weighted by molar-refractivity contribution is -0.288. The molecule has 69 heavy (non-hydrogen) atoms. The fourth-order valence-electron chi connectivity index (χ4n) is 6.85. The molecule has 0 atom stereocenters. The Balaban J connectivity index is 2.12. The summed E-state index contributed by atoms with van der Waals surface area (Å²) >= 11 is 0. The molecule has 0 aliphatic heterocycles. The van der Waals surface area contributed by atoms with Crippen molar-refractivity contribution in [3.8, 4) is 11.5 Å². The molecular weight excluding hydrogens is 951 g/mol. The molecule has 6 N–H and O–H groups in total. The number of nitrogens with one attached hydrogen (secondary N) is 2. The highest BCUT2D eigenvalue weighted by molar-refractivity contribution is 6.55. The van der Waals surface area contributed by atoms with Gasteiger partial charge < -0.3 is 57.5 Å². The monoisotopic (exact) mass is 1010 g/mol. The lowest BCUT2D eigenvalue weighted by Crippen LogP contribution is -2.56. The molecule has 2 amide bonds. The number of hydrogen-bond donors (Lipinski definition) is 4. The summed E-state index contributed by atoms with van der Waals surface area (Å²) < 4.78 is 146. The van der Waals surface area contributed by atoms with Crippen LogP contribution in [0.15, 0.2) is 84.9 Å². The number of rotatable bonds is 22. The van der Waals surface area contributed by atoms with Crippen LogP contribution in [0.1, 0.15) is 115 Å². The highest BCUT2D eigenvalue weighted by atomic mass is 28.4. The van der Waals surface area contributed by atoms with Gasteiger partial charge in [0.1, 0.15) is 11.5 Å². The van der Waals surface area contributed by atoms with E-state index in [1.165, 1.54) is 48.5 Å². The fraction of sp³-hybridized carbons (Fsp3) is 0.447. The van der Waals surface area contributed by atoms with E-state index in [2.05, 4.69) is 10.6 Å². The van der Waals surface area contributed by atoms with Crippen molar-refractivity contribution in [2.75, 3.05) is 22.1 Å². The van der Waals surface area contributed by atoms with E-state index >= 15 is 26.3 Å². The number of nitrogens with two attached hydrogens (primary N) is 2. The Morgan fingerprint density at radius 2 is 0.710 bits per heavy atom. The number of benzene rings is 4. The molecule has 0 saturated heterocycles. The topological polar surface area (TPSA) is 184 Å². The summed E-state index contributed by atoms with van der Waals surface area (Å²) in [6, 6.07) is 14.5. The molecule has 380 valence electrons. The van der Waals surface area contributed by atoms with Crippen molar-refractivity contribution in [1.82, 2.24) is 0 Å². The zero-order valence-corrected chi connectivity index (χ0v) is 42.6. The predicted molar refractivity (Wildman–Crippen MR) is 253 cm³/mol. The van der Waals surface area contributed by atoms with Crippen molar-refractivity contribution in [1.29, 1.82) is 0 Å². The van der Waals surface area contributed by atoms with Gasteiger partial charge in [0.25, 0.3) is 11.8 Å². The fourth-order valence-corrected chi connectivity index (χ4v) is 11.8. The highest BCUT2D eigenvalue weighted by Gasteiger charge is 2.73. The van der Waals surface area contributed by atoms with E-state index in [0.29, 0.717) is 24.3 Å². The van der Waals surface area contributed by atoms with Gasteiger partial charge in [-0.05, 0) is 167 Å². The van der Waals surface area contributed by atoms with Gasteiger partial charge >= 0.3 is 30.4 Å². The molecule has 0 bridgehead atoms. The molecule has 4 aromatic rings. The van der Waals surface area contributed by atoms with Crippen LogP contribution in [0.4, 0.5) is 49.1 Å². The first-order chi connectivity index (χ1) is 31.9. The molecule has 0 aliphatic carbocycles. The van der Waals surface area contributed by atoms with Gasteiger partial charge in [-0.1, -0.05) is 12.1 Å². The van der Waals surface area contributed by atoms with E-state index in [1.807, 2.05) is 0 Å². The molecule has 0 radical (unpaired) electrons. The minimum atomic E-state index is -6.19. The van der Waals surface area contributed by atoms with Crippen molar-refractivity contribution >= 4 is 52.7 Å². The third-order valence-corrected chi connectivity index (χ3v) is 14.8. The molecule has 0 aliphatic rings. The number of amides is 2. The molecule has 0 heterocycles. The maximum atomic E-state index is 16.2. The first kappa shape index (κ1) is 56.4. The summed E-state index contributed by atoms with van der Waals surface area (Å²) in [5.41, 5.74) is 3.03. The Kier molecular flexibility index (Phi) is 18.5. The molecular formula is C47H62F6N4O10Si2. The normalized spacial score (nSPS) is 13.0. The smallest absolute Gasteiger partial charge is 0.478 e. The largest absolute Gasteiger partial charge is 0.750 e.